The molecule has 0 bridgehead atoms. The molecule has 1 saturated carbocycles. The van der Waals surface area contributed by atoms with Crippen LogP contribution in [0.4, 0.5) is 5.82 Å². The minimum atomic E-state index is 0.109. The van der Waals surface area contributed by atoms with E-state index in [-0.39, 0.29) is 5.54 Å². The summed E-state index contributed by atoms with van der Waals surface area (Å²) in [4.78, 5) is 11.2. The predicted octanol–water partition coefficient (Wildman–Crippen LogP) is 2.35. The Balaban J connectivity index is 2.00. The Hall–Kier alpha value is -1.16. The van der Waals surface area contributed by atoms with E-state index in [0.29, 0.717) is 6.04 Å². The van der Waals surface area contributed by atoms with Gasteiger partial charge in [-0.25, -0.2) is 4.98 Å². The molecule has 1 fully saturated rings. The first-order valence-electron chi connectivity index (χ1n) is 6.74. The van der Waals surface area contributed by atoms with Crippen molar-refractivity contribution in [3.05, 3.63) is 18.1 Å². The quantitative estimate of drug-likeness (QED) is 0.888. The van der Waals surface area contributed by atoms with E-state index in [1.54, 1.807) is 0 Å². The number of nitrogens with one attached hydrogen (secondary N) is 1. The summed E-state index contributed by atoms with van der Waals surface area (Å²) in [7, 11) is 2.12. The van der Waals surface area contributed by atoms with E-state index < -0.39 is 0 Å². The van der Waals surface area contributed by atoms with Crippen molar-refractivity contribution in [3.63, 3.8) is 0 Å². The van der Waals surface area contributed by atoms with E-state index in [1.165, 1.54) is 19.3 Å². The Bertz CT molecular complexity index is 393. The first-order chi connectivity index (χ1) is 8.46. The lowest BCUT2D eigenvalue weighted by Gasteiger charge is -2.35. The smallest absolute Gasteiger partial charge is 0.147 e. The zero-order valence-corrected chi connectivity index (χ0v) is 11.9. The SMILES string of the molecule is CN(c1cncc(CNC(C)(C)C)n1)C1CCC1. The van der Waals surface area contributed by atoms with Gasteiger partial charge in [-0.2, -0.15) is 0 Å². The third-order valence-electron chi connectivity index (χ3n) is 3.46. The fourth-order valence-corrected chi connectivity index (χ4v) is 1.97. The number of hydrogen-bond donors (Lipinski definition) is 1. The van der Waals surface area contributed by atoms with E-state index in [9.17, 15) is 0 Å². The maximum atomic E-state index is 4.68. The van der Waals surface area contributed by atoms with E-state index in [1.807, 2.05) is 12.4 Å². The Labute approximate surface area is 110 Å². The van der Waals surface area contributed by atoms with Crippen LogP contribution < -0.4 is 10.2 Å². The number of anilines is 1. The molecule has 0 amide bonds. The molecular weight excluding hydrogens is 224 g/mol. The molecule has 1 aliphatic rings. The molecular formula is C14H24N4. The lowest BCUT2D eigenvalue weighted by atomic mass is 9.92. The van der Waals surface area contributed by atoms with E-state index in [4.69, 9.17) is 0 Å². The molecule has 0 atom stereocenters. The monoisotopic (exact) mass is 248 g/mol. The second kappa shape index (κ2) is 5.22. The summed E-state index contributed by atoms with van der Waals surface area (Å²) in [6, 6.07) is 0.658. The lowest BCUT2D eigenvalue weighted by molar-refractivity contribution is 0.397. The van der Waals surface area contributed by atoms with Crippen molar-refractivity contribution >= 4 is 5.82 Å². The molecule has 2 rings (SSSR count). The first-order valence-corrected chi connectivity index (χ1v) is 6.74. The van der Waals surface area contributed by atoms with Gasteiger partial charge in [-0.15, -0.1) is 0 Å². The van der Waals surface area contributed by atoms with Crippen molar-refractivity contribution in [2.45, 2.75) is 58.2 Å². The van der Waals surface area contributed by atoms with Gasteiger partial charge in [0.25, 0.3) is 0 Å². The van der Waals surface area contributed by atoms with Crippen molar-refractivity contribution in [1.82, 2.24) is 15.3 Å². The zero-order chi connectivity index (χ0) is 13.2. The molecule has 0 radical (unpaired) electrons. The number of aromatic nitrogens is 2. The minimum Gasteiger partial charge on any atom is -0.355 e. The summed E-state index contributed by atoms with van der Waals surface area (Å²) >= 11 is 0. The number of hydrogen-bond acceptors (Lipinski definition) is 4. The summed E-state index contributed by atoms with van der Waals surface area (Å²) in [6.07, 6.45) is 7.61. The van der Waals surface area contributed by atoms with Crippen LogP contribution in [0.5, 0.6) is 0 Å². The largest absolute Gasteiger partial charge is 0.355 e. The average Bonchev–Trinajstić information content (AvgIpc) is 2.23. The Morgan fingerprint density at radius 1 is 1.33 bits per heavy atom. The predicted molar refractivity (Wildman–Crippen MR) is 74.7 cm³/mol. The van der Waals surface area contributed by atoms with Crippen LogP contribution in [0.15, 0.2) is 12.4 Å². The van der Waals surface area contributed by atoms with Gasteiger partial charge in [-0.3, -0.25) is 4.98 Å². The lowest BCUT2D eigenvalue weighted by Crippen LogP contribution is -2.38. The Kier molecular flexibility index (Phi) is 3.85. The molecule has 100 valence electrons. The fraction of sp³-hybridized carbons (Fsp3) is 0.714. The molecule has 0 unspecified atom stereocenters. The van der Waals surface area contributed by atoms with Crippen molar-refractivity contribution in [1.29, 1.82) is 0 Å². The van der Waals surface area contributed by atoms with Crippen LogP contribution in [-0.4, -0.2) is 28.6 Å². The van der Waals surface area contributed by atoms with E-state index in [2.05, 4.69) is 48.0 Å². The highest BCUT2D eigenvalue weighted by Crippen LogP contribution is 2.26. The van der Waals surface area contributed by atoms with Crippen LogP contribution in [0.25, 0.3) is 0 Å². The molecule has 0 aromatic carbocycles. The summed E-state index contributed by atoms with van der Waals surface area (Å²) in [5.74, 6) is 0.993. The van der Waals surface area contributed by atoms with E-state index in [0.717, 1.165) is 18.1 Å². The van der Waals surface area contributed by atoms with Gasteiger partial charge in [0, 0.05) is 31.4 Å². The summed E-state index contributed by atoms with van der Waals surface area (Å²) in [6.45, 7) is 7.24. The summed E-state index contributed by atoms with van der Waals surface area (Å²) in [5.41, 5.74) is 1.12. The highest BCUT2D eigenvalue weighted by Gasteiger charge is 2.23. The van der Waals surface area contributed by atoms with Gasteiger partial charge in [-0.05, 0) is 40.0 Å². The van der Waals surface area contributed by atoms with Gasteiger partial charge >= 0.3 is 0 Å². The van der Waals surface area contributed by atoms with Crippen molar-refractivity contribution in [2.75, 3.05) is 11.9 Å². The Morgan fingerprint density at radius 3 is 2.61 bits per heavy atom. The fourth-order valence-electron chi connectivity index (χ4n) is 1.97. The molecule has 18 heavy (non-hydrogen) atoms. The molecule has 4 heteroatoms. The van der Waals surface area contributed by atoms with Gasteiger partial charge < -0.3 is 10.2 Å². The van der Waals surface area contributed by atoms with Crippen molar-refractivity contribution < 1.29 is 0 Å². The van der Waals surface area contributed by atoms with Gasteiger partial charge in [0.2, 0.25) is 0 Å². The van der Waals surface area contributed by atoms with E-state index >= 15 is 0 Å². The summed E-state index contributed by atoms with van der Waals surface area (Å²) in [5, 5.41) is 3.44. The van der Waals surface area contributed by atoms with Crippen LogP contribution in [0.3, 0.4) is 0 Å². The number of rotatable bonds is 4. The molecule has 0 spiro atoms. The highest BCUT2D eigenvalue weighted by molar-refractivity contribution is 5.37. The second-order valence-corrected chi connectivity index (χ2v) is 6.17. The molecule has 1 N–H and O–H groups in total. The highest BCUT2D eigenvalue weighted by atomic mass is 15.2. The van der Waals surface area contributed by atoms with Crippen LogP contribution in [0.2, 0.25) is 0 Å². The van der Waals surface area contributed by atoms with Gasteiger partial charge in [0.05, 0.1) is 11.9 Å². The third-order valence-corrected chi connectivity index (χ3v) is 3.46. The normalized spacial score (nSPS) is 16.4. The van der Waals surface area contributed by atoms with Crippen molar-refractivity contribution in [2.24, 2.45) is 0 Å². The second-order valence-electron chi connectivity index (χ2n) is 6.17. The average molecular weight is 248 g/mol. The number of nitrogens with zero attached hydrogens (tertiary/aromatic N) is 3. The Morgan fingerprint density at radius 2 is 2.06 bits per heavy atom. The first kappa shape index (κ1) is 13.3. The zero-order valence-electron chi connectivity index (χ0n) is 11.9. The maximum absolute atomic E-state index is 4.68. The maximum Gasteiger partial charge on any atom is 0.147 e. The summed E-state index contributed by atoms with van der Waals surface area (Å²) < 4.78 is 0. The topological polar surface area (TPSA) is 41.1 Å². The van der Waals surface area contributed by atoms with Gasteiger partial charge in [-0.1, -0.05) is 0 Å². The standard InChI is InChI=1S/C14H24N4/c1-14(2,3)16-9-11-8-15-10-13(17-11)18(4)12-6-5-7-12/h8,10,12,16H,5-7,9H2,1-4H3. The van der Waals surface area contributed by atoms with Crippen LogP contribution in [0.1, 0.15) is 45.7 Å². The molecule has 4 nitrogen and oxygen atoms in total. The van der Waals surface area contributed by atoms with Crippen LogP contribution >= 0.6 is 0 Å². The molecule has 1 aromatic heterocycles. The van der Waals surface area contributed by atoms with Crippen LogP contribution in [-0.2, 0) is 6.54 Å². The molecule has 1 heterocycles. The molecule has 0 aliphatic heterocycles. The van der Waals surface area contributed by atoms with Gasteiger partial charge in [0.15, 0.2) is 0 Å². The van der Waals surface area contributed by atoms with Crippen LogP contribution in [0, 0.1) is 0 Å². The molecule has 0 saturated heterocycles. The minimum absolute atomic E-state index is 0.109. The molecule has 1 aromatic rings. The van der Waals surface area contributed by atoms with Crippen molar-refractivity contribution in [3.8, 4) is 0 Å². The van der Waals surface area contributed by atoms with Gasteiger partial charge in [0.1, 0.15) is 5.82 Å². The third kappa shape index (κ3) is 3.42. The molecule has 1 aliphatic carbocycles.